The summed E-state index contributed by atoms with van der Waals surface area (Å²) < 4.78 is 13.4. The van der Waals surface area contributed by atoms with E-state index in [1.165, 1.54) is 6.07 Å². The Morgan fingerprint density at radius 1 is 1.36 bits per heavy atom. The van der Waals surface area contributed by atoms with Gasteiger partial charge in [-0.25, -0.2) is 4.39 Å². The number of halogens is 1. The predicted molar refractivity (Wildman–Crippen MR) is 55.8 cm³/mol. The standard InChI is InChI=1S/C11H15FN2/c1-14(9-6-8(13)7-9)11-5-3-2-4-10(11)12/h2-5,8-9H,6-7,13H2,1H3. The largest absolute Gasteiger partial charge is 0.369 e. The van der Waals surface area contributed by atoms with Gasteiger partial charge in [0, 0.05) is 19.1 Å². The molecule has 0 unspecified atom stereocenters. The van der Waals surface area contributed by atoms with Crippen LogP contribution in [-0.4, -0.2) is 19.1 Å². The van der Waals surface area contributed by atoms with Crippen molar-refractivity contribution in [2.24, 2.45) is 5.73 Å². The van der Waals surface area contributed by atoms with Crippen LogP contribution in [0.2, 0.25) is 0 Å². The highest BCUT2D eigenvalue weighted by Gasteiger charge is 2.30. The zero-order valence-electron chi connectivity index (χ0n) is 8.28. The van der Waals surface area contributed by atoms with E-state index in [0.717, 1.165) is 12.8 Å². The first kappa shape index (κ1) is 9.46. The van der Waals surface area contributed by atoms with Crippen molar-refractivity contribution in [2.45, 2.75) is 24.9 Å². The first-order valence-corrected chi connectivity index (χ1v) is 4.91. The fourth-order valence-corrected chi connectivity index (χ4v) is 1.88. The van der Waals surface area contributed by atoms with Gasteiger partial charge in [-0.1, -0.05) is 12.1 Å². The van der Waals surface area contributed by atoms with Crippen LogP contribution in [0.15, 0.2) is 24.3 Å². The molecule has 1 aromatic carbocycles. The Kier molecular flexibility index (Phi) is 2.42. The van der Waals surface area contributed by atoms with Crippen molar-refractivity contribution in [3.05, 3.63) is 30.1 Å². The molecule has 1 saturated carbocycles. The third kappa shape index (κ3) is 1.60. The number of hydrogen-bond donors (Lipinski definition) is 1. The number of anilines is 1. The Bertz CT molecular complexity index is 321. The molecule has 0 amide bonds. The first-order chi connectivity index (χ1) is 6.68. The van der Waals surface area contributed by atoms with Crippen molar-refractivity contribution in [2.75, 3.05) is 11.9 Å². The molecule has 0 heterocycles. The van der Waals surface area contributed by atoms with Crippen LogP contribution in [-0.2, 0) is 0 Å². The van der Waals surface area contributed by atoms with Gasteiger partial charge in [-0.2, -0.15) is 0 Å². The molecule has 0 atom stereocenters. The summed E-state index contributed by atoms with van der Waals surface area (Å²) in [7, 11) is 1.93. The normalized spacial score (nSPS) is 25.6. The van der Waals surface area contributed by atoms with E-state index in [2.05, 4.69) is 0 Å². The van der Waals surface area contributed by atoms with Gasteiger partial charge in [0.1, 0.15) is 5.82 Å². The minimum Gasteiger partial charge on any atom is -0.369 e. The van der Waals surface area contributed by atoms with E-state index in [1.807, 2.05) is 18.0 Å². The minimum absolute atomic E-state index is 0.157. The van der Waals surface area contributed by atoms with Crippen molar-refractivity contribution >= 4 is 5.69 Å². The lowest BCUT2D eigenvalue weighted by atomic mass is 9.86. The summed E-state index contributed by atoms with van der Waals surface area (Å²) >= 11 is 0. The number of rotatable bonds is 2. The highest BCUT2D eigenvalue weighted by molar-refractivity contribution is 5.48. The van der Waals surface area contributed by atoms with Gasteiger partial charge in [0.2, 0.25) is 0 Å². The second kappa shape index (κ2) is 3.58. The zero-order chi connectivity index (χ0) is 10.1. The summed E-state index contributed by atoms with van der Waals surface area (Å²) in [5.41, 5.74) is 6.37. The number of benzene rings is 1. The highest BCUT2D eigenvalue weighted by Crippen LogP contribution is 2.28. The molecule has 1 aromatic rings. The SMILES string of the molecule is CN(c1ccccc1F)C1CC(N)C1. The molecule has 0 bridgehead atoms. The Labute approximate surface area is 83.5 Å². The third-order valence-corrected chi connectivity index (χ3v) is 2.93. The Hall–Kier alpha value is -1.09. The molecule has 2 nitrogen and oxygen atoms in total. The van der Waals surface area contributed by atoms with Crippen LogP contribution in [0.4, 0.5) is 10.1 Å². The Morgan fingerprint density at radius 3 is 2.57 bits per heavy atom. The van der Waals surface area contributed by atoms with Crippen molar-refractivity contribution in [3.8, 4) is 0 Å². The lowest BCUT2D eigenvalue weighted by molar-refractivity contribution is 0.338. The predicted octanol–water partition coefficient (Wildman–Crippen LogP) is 1.75. The Balaban J connectivity index is 2.11. The fourth-order valence-electron chi connectivity index (χ4n) is 1.88. The molecule has 0 spiro atoms. The molecular weight excluding hydrogens is 179 g/mol. The number of nitrogens with zero attached hydrogens (tertiary/aromatic N) is 1. The molecule has 0 aliphatic heterocycles. The zero-order valence-corrected chi connectivity index (χ0v) is 8.28. The first-order valence-electron chi connectivity index (χ1n) is 4.91. The maximum Gasteiger partial charge on any atom is 0.146 e. The molecular formula is C11H15FN2. The van der Waals surface area contributed by atoms with Gasteiger partial charge in [-0.05, 0) is 25.0 Å². The van der Waals surface area contributed by atoms with E-state index in [1.54, 1.807) is 12.1 Å². The number of hydrogen-bond acceptors (Lipinski definition) is 2. The maximum atomic E-state index is 13.4. The molecule has 3 heteroatoms. The summed E-state index contributed by atoms with van der Waals surface area (Å²) in [5.74, 6) is -0.157. The van der Waals surface area contributed by atoms with Gasteiger partial charge in [0.05, 0.1) is 5.69 Å². The van der Waals surface area contributed by atoms with Gasteiger partial charge in [0.15, 0.2) is 0 Å². The van der Waals surface area contributed by atoms with Crippen molar-refractivity contribution in [1.82, 2.24) is 0 Å². The molecule has 0 saturated heterocycles. The van der Waals surface area contributed by atoms with E-state index >= 15 is 0 Å². The molecule has 0 aromatic heterocycles. The summed E-state index contributed by atoms with van der Waals surface area (Å²) in [6, 6.07) is 7.56. The van der Waals surface area contributed by atoms with E-state index in [-0.39, 0.29) is 5.82 Å². The topological polar surface area (TPSA) is 29.3 Å². The summed E-state index contributed by atoms with van der Waals surface area (Å²) in [6.45, 7) is 0. The third-order valence-electron chi connectivity index (χ3n) is 2.93. The molecule has 1 fully saturated rings. The van der Waals surface area contributed by atoms with Crippen LogP contribution in [0.1, 0.15) is 12.8 Å². The second-order valence-electron chi connectivity index (χ2n) is 3.95. The second-order valence-corrected chi connectivity index (χ2v) is 3.95. The van der Waals surface area contributed by atoms with E-state index < -0.39 is 0 Å². The molecule has 2 N–H and O–H groups in total. The van der Waals surface area contributed by atoms with Gasteiger partial charge in [-0.15, -0.1) is 0 Å². The smallest absolute Gasteiger partial charge is 0.146 e. The van der Waals surface area contributed by atoms with Gasteiger partial charge in [0.25, 0.3) is 0 Å². The van der Waals surface area contributed by atoms with E-state index in [0.29, 0.717) is 17.8 Å². The van der Waals surface area contributed by atoms with Crippen LogP contribution >= 0.6 is 0 Å². The lowest BCUT2D eigenvalue weighted by Gasteiger charge is -2.40. The van der Waals surface area contributed by atoms with Crippen LogP contribution in [0.5, 0.6) is 0 Å². The fraction of sp³-hybridized carbons (Fsp3) is 0.455. The van der Waals surface area contributed by atoms with Crippen molar-refractivity contribution < 1.29 is 4.39 Å². The summed E-state index contributed by atoms with van der Waals surface area (Å²) in [6.07, 6.45) is 1.93. The van der Waals surface area contributed by atoms with Gasteiger partial charge < -0.3 is 10.6 Å². The van der Waals surface area contributed by atoms with Crippen LogP contribution in [0.3, 0.4) is 0 Å². The quantitative estimate of drug-likeness (QED) is 0.777. The maximum absolute atomic E-state index is 13.4. The molecule has 2 rings (SSSR count). The molecule has 76 valence electrons. The van der Waals surface area contributed by atoms with Crippen molar-refractivity contribution in [3.63, 3.8) is 0 Å². The van der Waals surface area contributed by atoms with E-state index in [9.17, 15) is 4.39 Å². The summed E-state index contributed by atoms with van der Waals surface area (Å²) in [5, 5.41) is 0. The number of para-hydroxylation sites is 1. The van der Waals surface area contributed by atoms with E-state index in [4.69, 9.17) is 5.73 Å². The van der Waals surface area contributed by atoms with Gasteiger partial charge in [-0.3, -0.25) is 0 Å². The molecule has 14 heavy (non-hydrogen) atoms. The monoisotopic (exact) mass is 194 g/mol. The van der Waals surface area contributed by atoms with Crippen LogP contribution in [0, 0.1) is 5.82 Å². The summed E-state index contributed by atoms with van der Waals surface area (Å²) in [4.78, 5) is 1.98. The van der Waals surface area contributed by atoms with Crippen molar-refractivity contribution in [1.29, 1.82) is 0 Å². The lowest BCUT2D eigenvalue weighted by Crippen LogP contribution is -2.49. The van der Waals surface area contributed by atoms with Crippen LogP contribution < -0.4 is 10.6 Å². The average Bonchev–Trinajstić information content (AvgIpc) is 2.13. The average molecular weight is 194 g/mol. The number of nitrogens with two attached hydrogens (primary N) is 1. The minimum atomic E-state index is -0.157. The molecule has 1 aliphatic carbocycles. The van der Waals surface area contributed by atoms with Gasteiger partial charge >= 0.3 is 0 Å². The molecule has 1 aliphatic rings. The molecule has 0 radical (unpaired) electrons. The van der Waals surface area contributed by atoms with Crippen LogP contribution in [0.25, 0.3) is 0 Å². The Morgan fingerprint density at radius 2 is 2.00 bits per heavy atom. The highest BCUT2D eigenvalue weighted by atomic mass is 19.1.